The zero-order valence-corrected chi connectivity index (χ0v) is 62.9. The minimum Gasteiger partial charge on any atom is -1.00 e. The second-order valence-corrected chi connectivity index (χ2v) is 28.8. The molecule has 5 aromatic carbocycles. The molecule has 1 aliphatic carbocycles. The first-order chi connectivity index (χ1) is 46.1. The number of benzene rings is 6. The second kappa shape index (κ2) is 37.5. The summed E-state index contributed by atoms with van der Waals surface area (Å²) >= 11 is 0. The first kappa shape index (κ1) is 78.5. The summed E-state index contributed by atoms with van der Waals surface area (Å²) in [6.07, 6.45) is 1.59. The maximum atomic E-state index is 13.8. The molecule has 20 heteroatoms. The summed E-state index contributed by atoms with van der Waals surface area (Å²) in [5, 5.41) is 5.25. The van der Waals surface area contributed by atoms with Gasteiger partial charge in [0.2, 0.25) is 5.36 Å². The highest BCUT2D eigenvalue weighted by atomic mass is 35.5. The molecule has 0 radical (unpaired) electrons. The Labute approximate surface area is 581 Å². The lowest BCUT2D eigenvalue weighted by molar-refractivity contribution is -0.0000896. The van der Waals surface area contributed by atoms with Gasteiger partial charge in [0.05, 0.1) is 31.3 Å². The van der Waals surface area contributed by atoms with E-state index in [0.29, 0.717) is 76.3 Å². The maximum Gasteiger partial charge on any atom is 0.500 e. The van der Waals surface area contributed by atoms with E-state index < -0.39 is 23.2 Å². The van der Waals surface area contributed by atoms with Crippen molar-refractivity contribution < 1.29 is 62.4 Å². The molecule has 3 aliphatic heterocycles. The van der Waals surface area contributed by atoms with Crippen LogP contribution in [0.15, 0.2) is 126 Å². The number of rotatable bonds is 33. The fraction of sp³-hybridized carbons (Fsp3) is 0.487. The summed E-state index contributed by atoms with van der Waals surface area (Å²) in [6, 6.07) is 42.6. The number of hydrogen-bond acceptors (Lipinski definition) is 14. The molecule has 9 rings (SSSR count). The van der Waals surface area contributed by atoms with E-state index >= 15 is 0 Å². The van der Waals surface area contributed by atoms with Crippen LogP contribution in [0.5, 0.6) is 11.5 Å². The van der Waals surface area contributed by atoms with Crippen LogP contribution in [0, 0.1) is 0 Å². The van der Waals surface area contributed by atoms with Gasteiger partial charge in [0.25, 0.3) is 5.91 Å². The van der Waals surface area contributed by atoms with Gasteiger partial charge in [-0.1, -0.05) is 36.4 Å². The number of amides is 1. The van der Waals surface area contributed by atoms with E-state index in [0.717, 1.165) is 154 Å². The van der Waals surface area contributed by atoms with Crippen molar-refractivity contribution in [3.63, 3.8) is 0 Å². The third kappa shape index (κ3) is 17.3. The van der Waals surface area contributed by atoms with Crippen molar-refractivity contribution in [2.45, 2.75) is 134 Å². The highest BCUT2D eigenvalue weighted by molar-refractivity contribution is 6.61. The number of halogens is 1. The molecule has 0 saturated carbocycles. The second-order valence-electron chi connectivity index (χ2n) is 23.3. The molecular formula is C76H110ClN6O11Si2+. The monoisotopic (exact) mass is 1370 g/mol. The van der Waals surface area contributed by atoms with Crippen molar-refractivity contribution in [2.24, 2.45) is 5.73 Å². The van der Waals surface area contributed by atoms with E-state index in [1.54, 1.807) is 0 Å². The predicted octanol–water partition coefficient (Wildman–Crippen LogP) is 11.9. The van der Waals surface area contributed by atoms with Gasteiger partial charge in [-0.15, -0.1) is 0 Å². The number of ether oxygens (including phenoxy) is 2. The fourth-order valence-electron chi connectivity index (χ4n) is 13.5. The average molecular weight is 1380 g/mol. The number of nitrogens with zero attached hydrogens (tertiary/aromatic N) is 4. The van der Waals surface area contributed by atoms with E-state index in [-0.39, 0.29) is 24.3 Å². The minimum absolute atomic E-state index is 0. The summed E-state index contributed by atoms with van der Waals surface area (Å²) in [5.41, 5.74) is 15.4. The first-order valence-corrected chi connectivity index (χ1v) is 39.1. The number of carbonyl (C=O) groups is 2. The van der Waals surface area contributed by atoms with Gasteiger partial charge >= 0.3 is 23.6 Å². The highest BCUT2D eigenvalue weighted by Gasteiger charge is 2.54. The van der Waals surface area contributed by atoms with Gasteiger partial charge in [-0.05, 0) is 183 Å². The quantitative estimate of drug-likeness (QED) is 0.00995. The molecule has 1 atom stereocenters. The van der Waals surface area contributed by atoms with Gasteiger partial charge in [0, 0.05) is 159 Å². The van der Waals surface area contributed by atoms with Gasteiger partial charge in [-0.25, -0.2) is 9.37 Å². The Morgan fingerprint density at radius 2 is 1.07 bits per heavy atom. The van der Waals surface area contributed by atoms with Crippen molar-refractivity contribution in [1.29, 1.82) is 0 Å². The summed E-state index contributed by atoms with van der Waals surface area (Å²) in [4.78, 5) is 31.5. The number of carbonyl (C=O) groups excluding carboxylic acids is 2. The Morgan fingerprint density at radius 3 is 1.61 bits per heavy atom. The molecule has 1 spiro atoms. The lowest BCUT2D eigenvalue weighted by Gasteiger charge is -2.39. The molecule has 96 heavy (non-hydrogen) atoms. The third-order valence-electron chi connectivity index (χ3n) is 18.4. The molecule has 5 aromatic rings. The number of nitrogens with one attached hydrogen (secondary N) is 1. The molecule has 0 fully saturated rings. The van der Waals surface area contributed by atoms with Gasteiger partial charge in [-0.2, -0.15) is 0 Å². The van der Waals surface area contributed by atoms with Crippen molar-refractivity contribution in [2.75, 3.05) is 121 Å². The van der Waals surface area contributed by atoms with Crippen LogP contribution in [0.4, 0.5) is 17.1 Å². The van der Waals surface area contributed by atoms with Crippen LogP contribution in [-0.4, -0.2) is 141 Å². The predicted molar refractivity (Wildman–Crippen MR) is 391 cm³/mol. The average Bonchev–Trinajstić information content (AvgIpc) is 1.44. The number of esters is 1. The summed E-state index contributed by atoms with van der Waals surface area (Å²) < 4.78 is 57.8. The number of anilines is 2. The highest BCUT2D eigenvalue weighted by Crippen LogP contribution is 2.57. The van der Waals surface area contributed by atoms with E-state index in [1.807, 2.05) is 90.1 Å². The van der Waals surface area contributed by atoms with Gasteiger partial charge in [0.1, 0.15) is 41.6 Å². The number of quaternary nitrogens is 1. The van der Waals surface area contributed by atoms with E-state index in [4.69, 9.17) is 46.2 Å². The normalized spacial score (nSPS) is 13.9. The standard InChI is InChI=1S/C37H51N3O5Si.C30H35N2O3.C9H23NO3Si.ClH/c1-8-39(9-2)28-20-22-32-34(26-28)45-35-27-29(40(10-3)11-4)21-23-33(35)36(32)30-18-15-16-19-31(30)37(41)38-24-17-25-46(42-12-5,43-13-6)44-14-7;1-6-31(7-2)21-15-17-25-27(19-21)34-28-20-22(32(8-3,9-4)10-5)16-18-26(28)30(25)24-14-12-11-13-23(24)29(33)35-30;1-4-11-14(12-5-2,13-6-3)9-7-8-10;/h15-16,18-23,26-27H,8-14,17,24-25H2,1-7H3;11-20H,6-10H2,1-5H3;4-10H2,1-3H3;1H/q;+1;;. The molecule has 0 bridgehead atoms. The topological polar surface area (TPSA) is 169 Å². The van der Waals surface area contributed by atoms with Crippen molar-refractivity contribution in [3.05, 3.63) is 155 Å². The molecule has 1 amide bonds. The molecule has 1 unspecified atom stereocenters. The van der Waals surface area contributed by atoms with E-state index in [1.165, 1.54) is 5.69 Å². The molecule has 4 aliphatic rings. The summed E-state index contributed by atoms with van der Waals surface area (Å²) in [7, 11) is -5.17. The molecule has 524 valence electrons. The molecule has 3 heterocycles. The van der Waals surface area contributed by atoms with Crippen LogP contribution in [0.25, 0.3) is 33.4 Å². The van der Waals surface area contributed by atoms with Crippen molar-refractivity contribution >= 4 is 57.5 Å². The van der Waals surface area contributed by atoms with Crippen molar-refractivity contribution in [1.82, 2.24) is 14.4 Å². The Hall–Kier alpha value is -6.47. The van der Waals surface area contributed by atoms with Crippen LogP contribution in [0.2, 0.25) is 12.1 Å². The lowest BCUT2D eigenvalue weighted by Crippen LogP contribution is -3.00. The largest absolute Gasteiger partial charge is 1.00 e. The smallest absolute Gasteiger partial charge is 0.500 e. The Bertz CT molecular complexity index is 3600. The van der Waals surface area contributed by atoms with Crippen LogP contribution in [-0.2, 0) is 36.9 Å². The zero-order chi connectivity index (χ0) is 68.8. The molecule has 3 N–H and O–H groups in total. The SMILES string of the molecule is CCN(CC)c1ccc2c(c1)Oc1cc([N+](CC)(CC)CC)ccc1C21OC(=O)c2ccccc21.CCO[Si](CCCN)(OCC)OCC.CCO[Si](CCCNC(=O)c1ccccc1-c1c2ccc(=[N+](CC)CC)cc-2oc2cc(N(CC)CC)ccc12)(OCC)OCC.[Cl-]. The molecular weight excluding hydrogens is 1260 g/mol. The van der Waals surface area contributed by atoms with Gasteiger partial charge in [-0.3, -0.25) is 9.28 Å². The summed E-state index contributed by atoms with van der Waals surface area (Å²) in [5.74, 6) is 1.88. The van der Waals surface area contributed by atoms with E-state index in [2.05, 4.69) is 155 Å². The maximum absolute atomic E-state index is 13.8. The Kier molecular flexibility index (Phi) is 30.7. The minimum atomic E-state index is -2.78. The number of fused-ring (bicyclic) bond motifs is 8. The Morgan fingerprint density at radius 1 is 0.562 bits per heavy atom. The fourth-order valence-corrected chi connectivity index (χ4v) is 18.8. The van der Waals surface area contributed by atoms with Gasteiger partial charge < -0.3 is 73.7 Å². The molecule has 0 saturated heterocycles. The van der Waals surface area contributed by atoms with Crippen LogP contribution in [0.3, 0.4) is 0 Å². The molecule has 17 nitrogen and oxygen atoms in total. The summed E-state index contributed by atoms with van der Waals surface area (Å²) in [6.45, 7) is 44.5. The third-order valence-corrected chi connectivity index (χ3v) is 24.7. The Balaban J connectivity index is 0.000000257. The van der Waals surface area contributed by atoms with Gasteiger partial charge in [0.15, 0.2) is 5.60 Å². The van der Waals surface area contributed by atoms with Crippen LogP contribution < -0.4 is 52.4 Å². The molecule has 0 aromatic heterocycles. The number of hydrogen-bond donors (Lipinski definition) is 2. The number of nitrogens with two attached hydrogens (primary N) is 1. The van der Waals surface area contributed by atoms with E-state index in [9.17, 15) is 9.59 Å². The first-order valence-electron chi connectivity index (χ1n) is 35.3. The lowest BCUT2D eigenvalue weighted by atomic mass is 9.77. The zero-order valence-electron chi connectivity index (χ0n) is 60.1. The van der Waals surface area contributed by atoms with Crippen molar-refractivity contribution in [3.8, 4) is 33.9 Å². The van der Waals surface area contributed by atoms with Crippen LogP contribution >= 0.6 is 0 Å². The van der Waals surface area contributed by atoms with Crippen LogP contribution in [0.1, 0.15) is 154 Å².